The third kappa shape index (κ3) is 3.94. The van der Waals surface area contributed by atoms with Gasteiger partial charge in [-0.2, -0.15) is 0 Å². The molecule has 0 saturated heterocycles. The van der Waals surface area contributed by atoms with Crippen LogP contribution >= 0.6 is 0 Å². The second-order valence-electron chi connectivity index (χ2n) is 7.14. The lowest BCUT2D eigenvalue weighted by atomic mass is 10.0. The van der Waals surface area contributed by atoms with Crippen LogP contribution in [-0.2, 0) is 17.6 Å². The van der Waals surface area contributed by atoms with E-state index in [9.17, 15) is 4.79 Å². The molecule has 2 aromatic carbocycles. The highest BCUT2D eigenvalue weighted by Crippen LogP contribution is 2.28. The maximum absolute atomic E-state index is 11.3. The number of anilines is 3. The van der Waals surface area contributed by atoms with Gasteiger partial charge in [0, 0.05) is 24.2 Å². The summed E-state index contributed by atoms with van der Waals surface area (Å²) in [6, 6.07) is 15.7. The Morgan fingerprint density at radius 1 is 1.10 bits per heavy atom. The van der Waals surface area contributed by atoms with Crippen molar-refractivity contribution >= 4 is 28.9 Å². The standard InChI is InChI=1S/C22H22N6O/c1-13(29)27-17-8-4-7-16(11-17)20(23)19-21(24)25-12-26-22(19)28-18-9-14-5-2-3-6-15(14)10-18/h2-8,11-12,18,23H,9-10H2,1H3,(H,27,29)(H3,24,25,26,28). The highest BCUT2D eigenvalue weighted by Gasteiger charge is 2.24. The maximum Gasteiger partial charge on any atom is 0.221 e. The fraction of sp³-hybridized carbons (Fsp3) is 0.182. The van der Waals surface area contributed by atoms with Crippen LogP contribution in [0.15, 0.2) is 54.9 Å². The summed E-state index contributed by atoms with van der Waals surface area (Å²) < 4.78 is 0. The molecule has 0 fully saturated rings. The van der Waals surface area contributed by atoms with E-state index in [1.165, 1.54) is 24.4 Å². The summed E-state index contributed by atoms with van der Waals surface area (Å²) in [4.78, 5) is 19.8. The largest absolute Gasteiger partial charge is 0.383 e. The zero-order valence-corrected chi connectivity index (χ0v) is 16.1. The van der Waals surface area contributed by atoms with Gasteiger partial charge in [0.1, 0.15) is 18.0 Å². The van der Waals surface area contributed by atoms with Crippen LogP contribution in [0.5, 0.6) is 0 Å². The van der Waals surface area contributed by atoms with Crippen molar-refractivity contribution < 1.29 is 4.79 Å². The molecule has 0 saturated carbocycles. The van der Waals surface area contributed by atoms with E-state index >= 15 is 0 Å². The first-order chi connectivity index (χ1) is 14.0. The minimum Gasteiger partial charge on any atom is -0.383 e. The van der Waals surface area contributed by atoms with E-state index < -0.39 is 0 Å². The first-order valence-corrected chi connectivity index (χ1v) is 9.42. The van der Waals surface area contributed by atoms with E-state index in [1.807, 2.05) is 12.1 Å². The lowest BCUT2D eigenvalue weighted by Gasteiger charge is -2.18. The minimum absolute atomic E-state index is 0.167. The fourth-order valence-corrected chi connectivity index (χ4v) is 3.71. The van der Waals surface area contributed by atoms with Crippen LogP contribution in [0.25, 0.3) is 0 Å². The molecule has 0 spiro atoms. The number of hydrogen-bond donors (Lipinski definition) is 4. The van der Waals surface area contributed by atoms with Crippen LogP contribution < -0.4 is 16.4 Å². The number of rotatable bonds is 5. The summed E-state index contributed by atoms with van der Waals surface area (Å²) in [5.41, 5.74) is 10.7. The molecule has 0 radical (unpaired) electrons. The lowest BCUT2D eigenvalue weighted by Crippen LogP contribution is -2.23. The van der Waals surface area contributed by atoms with Gasteiger partial charge in [-0.1, -0.05) is 36.4 Å². The molecule has 3 aromatic rings. The second-order valence-corrected chi connectivity index (χ2v) is 7.14. The normalized spacial score (nSPS) is 13.0. The molecule has 146 valence electrons. The molecule has 0 bridgehead atoms. The summed E-state index contributed by atoms with van der Waals surface area (Å²) in [6.45, 7) is 1.45. The Labute approximate surface area is 168 Å². The van der Waals surface area contributed by atoms with E-state index in [0.717, 1.165) is 12.8 Å². The van der Waals surface area contributed by atoms with E-state index in [4.69, 9.17) is 11.1 Å². The monoisotopic (exact) mass is 386 g/mol. The van der Waals surface area contributed by atoms with Gasteiger partial charge in [-0.05, 0) is 36.1 Å². The lowest BCUT2D eigenvalue weighted by molar-refractivity contribution is -0.114. The van der Waals surface area contributed by atoms with Crippen molar-refractivity contribution in [1.82, 2.24) is 9.97 Å². The number of nitrogens with one attached hydrogen (secondary N) is 3. The highest BCUT2D eigenvalue weighted by atomic mass is 16.1. The van der Waals surface area contributed by atoms with Gasteiger partial charge in [-0.15, -0.1) is 0 Å². The van der Waals surface area contributed by atoms with Crippen molar-refractivity contribution in [3.63, 3.8) is 0 Å². The third-order valence-electron chi connectivity index (χ3n) is 4.99. The van der Waals surface area contributed by atoms with Crippen LogP contribution in [0.3, 0.4) is 0 Å². The molecule has 1 heterocycles. The Hall–Kier alpha value is -3.74. The van der Waals surface area contributed by atoms with Crippen LogP contribution in [0.4, 0.5) is 17.3 Å². The number of benzene rings is 2. The van der Waals surface area contributed by atoms with E-state index in [1.54, 1.807) is 24.3 Å². The number of nitrogens with two attached hydrogens (primary N) is 1. The van der Waals surface area contributed by atoms with Gasteiger partial charge in [-0.25, -0.2) is 9.97 Å². The SMILES string of the molecule is CC(=O)Nc1cccc(C(=N)c2c(N)ncnc2NC2Cc3ccccc3C2)c1. The van der Waals surface area contributed by atoms with Crippen molar-refractivity contribution in [2.75, 3.05) is 16.4 Å². The van der Waals surface area contributed by atoms with Gasteiger partial charge >= 0.3 is 0 Å². The van der Waals surface area contributed by atoms with Crippen LogP contribution in [0.1, 0.15) is 29.2 Å². The predicted molar refractivity (Wildman–Crippen MR) is 114 cm³/mol. The summed E-state index contributed by atoms with van der Waals surface area (Å²) >= 11 is 0. The van der Waals surface area contributed by atoms with E-state index in [2.05, 4.69) is 32.7 Å². The van der Waals surface area contributed by atoms with Crippen molar-refractivity contribution in [2.24, 2.45) is 0 Å². The number of carbonyl (C=O) groups excluding carboxylic acids is 1. The summed E-state index contributed by atoms with van der Waals surface area (Å²) in [5.74, 6) is 0.623. The van der Waals surface area contributed by atoms with E-state index in [-0.39, 0.29) is 23.5 Å². The molecule has 0 atom stereocenters. The average molecular weight is 386 g/mol. The predicted octanol–water partition coefficient (Wildman–Crippen LogP) is 3.01. The number of nitrogens with zero attached hydrogens (tertiary/aromatic N) is 2. The average Bonchev–Trinajstić information content (AvgIpc) is 3.10. The number of nitrogen functional groups attached to an aromatic ring is 1. The van der Waals surface area contributed by atoms with Crippen LogP contribution in [0, 0.1) is 5.41 Å². The Balaban J connectivity index is 1.62. The van der Waals surface area contributed by atoms with E-state index in [0.29, 0.717) is 22.6 Å². The van der Waals surface area contributed by atoms with Gasteiger partial charge in [0.25, 0.3) is 0 Å². The zero-order valence-electron chi connectivity index (χ0n) is 16.1. The number of amides is 1. The molecule has 7 heteroatoms. The Bertz CT molecular complexity index is 1070. The summed E-state index contributed by atoms with van der Waals surface area (Å²) in [6.07, 6.45) is 3.19. The molecule has 7 nitrogen and oxygen atoms in total. The molecule has 1 amide bonds. The molecular formula is C22H22N6O. The highest BCUT2D eigenvalue weighted by molar-refractivity contribution is 6.16. The van der Waals surface area contributed by atoms with Gasteiger partial charge in [-0.3, -0.25) is 10.2 Å². The summed E-state index contributed by atoms with van der Waals surface area (Å²) in [7, 11) is 0. The molecule has 0 unspecified atom stereocenters. The minimum atomic E-state index is -0.167. The van der Waals surface area contributed by atoms with Crippen molar-refractivity contribution in [3.05, 3.63) is 77.1 Å². The topological polar surface area (TPSA) is 117 Å². The molecule has 1 aromatic heterocycles. The number of fused-ring (bicyclic) bond motifs is 1. The van der Waals surface area contributed by atoms with Crippen LogP contribution in [-0.4, -0.2) is 27.6 Å². The van der Waals surface area contributed by atoms with Crippen LogP contribution in [0.2, 0.25) is 0 Å². The Morgan fingerprint density at radius 3 is 2.52 bits per heavy atom. The Morgan fingerprint density at radius 2 is 1.83 bits per heavy atom. The third-order valence-corrected chi connectivity index (χ3v) is 4.99. The number of carbonyl (C=O) groups is 1. The molecular weight excluding hydrogens is 364 g/mol. The second kappa shape index (κ2) is 7.71. The van der Waals surface area contributed by atoms with Crippen molar-refractivity contribution in [3.8, 4) is 0 Å². The molecule has 0 aliphatic heterocycles. The molecule has 4 rings (SSSR count). The van der Waals surface area contributed by atoms with Gasteiger partial charge in [0.2, 0.25) is 5.91 Å². The number of hydrogen-bond acceptors (Lipinski definition) is 6. The molecule has 5 N–H and O–H groups in total. The van der Waals surface area contributed by atoms with Gasteiger partial charge in [0.15, 0.2) is 0 Å². The maximum atomic E-state index is 11.3. The van der Waals surface area contributed by atoms with Crippen molar-refractivity contribution in [1.29, 1.82) is 5.41 Å². The quantitative estimate of drug-likeness (QED) is 0.503. The molecule has 29 heavy (non-hydrogen) atoms. The first kappa shape index (κ1) is 18.6. The zero-order chi connectivity index (χ0) is 20.4. The smallest absolute Gasteiger partial charge is 0.221 e. The number of aromatic nitrogens is 2. The Kier molecular flexibility index (Phi) is 4.95. The van der Waals surface area contributed by atoms with Crippen molar-refractivity contribution in [2.45, 2.75) is 25.8 Å². The van der Waals surface area contributed by atoms with Gasteiger partial charge in [0.05, 0.1) is 11.3 Å². The molecule has 1 aliphatic rings. The first-order valence-electron chi connectivity index (χ1n) is 9.42. The van der Waals surface area contributed by atoms with Gasteiger partial charge < -0.3 is 16.4 Å². The fourth-order valence-electron chi connectivity index (χ4n) is 3.71. The molecule has 1 aliphatic carbocycles. The summed E-state index contributed by atoms with van der Waals surface area (Å²) in [5, 5.41) is 14.9.